The van der Waals surface area contributed by atoms with E-state index >= 15 is 0 Å². The van der Waals surface area contributed by atoms with Gasteiger partial charge in [-0.3, -0.25) is 4.79 Å². The first-order chi connectivity index (χ1) is 8.04. The number of hydrogen-bond acceptors (Lipinski definition) is 3. The van der Waals surface area contributed by atoms with Gasteiger partial charge in [0.2, 0.25) is 5.91 Å². The number of nitrogens with one attached hydrogen (secondary N) is 2. The van der Waals surface area contributed by atoms with E-state index in [0.29, 0.717) is 25.4 Å². The molecular weight excluding hydrogens is 216 g/mol. The lowest BCUT2D eigenvalue weighted by Crippen LogP contribution is -2.33. The zero-order valence-electron chi connectivity index (χ0n) is 10.6. The number of phenolic OH excluding ortho intramolecular Hbond substituents is 1. The average molecular weight is 236 g/mol. The molecule has 0 fully saturated rings. The van der Waals surface area contributed by atoms with Crippen LogP contribution >= 0.6 is 0 Å². The minimum atomic E-state index is -0.000257. The van der Waals surface area contributed by atoms with Crippen molar-refractivity contribution in [3.8, 4) is 5.75 Å². The van der Waals surface area contributed by atoms with Crippen molar-refractivity contribution in [2.24, 2.45) is 0 Å². The van der Waals surface area contributed by atoms with Gasteiger partial charge in [-0.15, -0.1) is 0 Å². The van der Waals surface area contributed by atoms with Gasteiger partial charge in [-0.05, 0) is 37.5 Å². The average Bonchev–Trinajstić information content (AvgIpc) is 2.26. The number of phenols is 1. The Bertz CT molecular complexity index is 379. The lowest BCUT2D eigenvalue weighted by atomic mass is 10.1. The fourth-order valence-electron chi connectivity index (χ4n) is 1.73. The van der Waals surface area contributed by atoms with Gasteiger partial charge in [0.25, 0.3) is 0 Å². The van der Waals surface area contributed by atoms with Gasteiger partial charge in [-0.2, -0.15) is 0 Å². The maximum absolute atomic E-state index is 11.2. The molecule has 1 aromatic rings. The third-order valence-electron chi connectivity index (χ3n) is 2.54. The number of aryl methyl sites for hydroxylation is 2. The highest BCUT2D eigenvalue weighted by atomic mass is 16.3. The Morgan fingerprint density at radius 3 is 2.41 bits per heavy atom. The molecule has 0 aliphatic carbocycles. The van der Waals surface area contributed by atoms with Crippen molar-refractivity contribution in [1.82, 2.24) is 10.6 Å². The monoisotopic (exact) mass is 236 g/mol. The van der Waals surface area contributed by atoms with Crippen LogP contribution in [-0.2, 0) is 11.3 Å². The molecule has 1 aromatic carbocycles. The molecule has 0 radical (unpaired) electrons. The molecule has 0 aliphatic rings. The van der Waals surface area contributed by atoms with Crippen LogP contribution in [0, 0.1) is 13.8 Å². The number of amides is 1. The highest BCUT2D eigenvalue weighted by Crippen LogP contribution is 2.22. The molecular formula is C13H20N2O2. The summed E-state index contributed by atoms with van der Waals surface area (Å²) in [6.45, 7) is 7.22. The molecule has 0 saturated carbocycles. The van der Waals surface area contributed by atoms with Gasteiger partial charge in [0.15, 0.2) is 0 Å². The largest absolute Gasteiger partial charge is 0.507 e. The molecule has 0 unspecified atom stereocenters. The smallest absolute Gasteiger partial charge is 0.233 e. The van der Waals surface area contributed by atoms with E-state index in [1.807, 2.05) is 32.9 Å². The van der Waals surface area contributed by atoms with Crippen LogP contribution in [0.3, 0.4) is 0 Å². The molecule has 0 bridgehead atoms. The molecule has 0 aromatic heterocycles. The molecule has 0 aliphatic heterocycles. The zero-order valence-corrected chi connectivity index (χ0v) is 10.6. The molecule has 1 rings (SSSR count). The third-order valence-corrected chi connectivity index (χ3v) is 2.54. The van der Waals surface area contributed by atoms with Crippen LogP contribution in [0.4, 0.5) is 0 Å². The molecule has 17 heavy (non-hydrogen) atoms. The summed E-state index contributed by atoms with van der Waals surface area (Å²) in [5.41, 5.74) is 2.79. The van der Waals surface area contributed by atoms with Gasteiger partial charge in [-0.25, -0.2) is 0 Å². The van der Waals surface area contributed by atoms with E-state index in [9.17, 15) is 9.90 Å². The van der Waals surface area contributed by atoms with E-state index in [2.05, 4.69) is 10.6 Å². The predicted octanol–water partition coefficient (Wildman–Crippen LogP) is 1.23. The minimum Gasteiger partial charge on any atom is -0.507 e. The van der Waals surface area contributed by atoms with Crippen LogP contribution in [-0.4, -0.2) is 24.1 Å². The summed E-state index contributed by atoms with van der Waals surface area (Å²) in [6.07, 6.45) is 0. The van der Waals surface area contributed by atoms with Crippen molar-refractivity contribution in [3.05, 3.63) is 28.8 Å². The number of likely N-dealkylation sites (N-methyl/N-ethyl adjacent to an activating group) is 1. The van der Waals surface area contributed by atoms with E-state index in [1.165, 1.54) is 0 Å². The van der Waals surface area contributed by atoms with Gasteiger partial charge in [-0.1, -0.05) is 12.1 Å². The topological polar surface area (TPSA) is 61.4 Å². The van der Waals surface area contributed by atoms with Gasteiger partial charge in [0, 0.05) is 13.1 Å². The number of carbonyl (C=O) groups is 1. The van der Waals surface area contributed by atoms with Crippen molar-refractivity contribution in [2.45, 2.75) is 27.3 Å². The van der Waals surface area contributed by atoms with Crippen LogP contribution in [0.15, 0.2) is 12.1 Å². The van der Waals surface area contributed by atoms with Crippen LogP contribution in [0.2, 0.25) is 0 Å². The highest BCUT2D eigenvalue weighted by Gasteiger charge is 2.04. The lowest BCUT2D eigenvalue weighted by molar-refractivity contribution is -0.120. The molecule has 0 saturated heterocycles. The van der Waals surface area contributed by atoms with Crippen molar-refractivity contribution in [2.75, 3.05) is 13.1 Å². The molecule has 4 heteroatoms. The van der Waals surface area contributed by atoms with E-state index < -0.39 is 0 Å². The Balaban J connectivity index is 2.50. The predicted molar refractivity (Wildman–Crippen MR) is 68.0 cm³/mol. The van der Waals surface area contributed by atoms with Crippen molar-refractivity contribution in [1.29, 1.82) is 0 Å². The van der Waals surface area contributed by atoms with Crippen molar-refractivity contribution >= 4 is 5.91 Å². The summed E-state index contributed by atoms with van der Waals surface area (Å²) in [6, 6.07) is 3.85. The highest BCUT2D eigenvalue weighted by molar-refractivity contribution is 5.77. The van der Waals surface area contributed by atoms with Crippen LogP contribution < -0.4 is 10.6 Å². The lowest BCUT2D eigenvalue weighted by Gasteiger charge is -2.09. The second-order valence-electron chi connectivity index (χ2n) is 4.14. The second kappa shape index (κ2) is 6.25. The zero-order chi connectivity index (χ0) is 12.8. The molecule has 0 spiro atoms. The standard InChI is InChI=1S/C13H20N2O2/c1-4-15-12(16)8-14-7-11-5-9(2)13(17)10(3)6-11/h5-6,14,17H,4,7-8H2,1-3H3,(H,15,16). The van der Waals surface area contributed by atoms with E-state index in [4.69, 9.17) is 0 Å². The number of carbonyl (C=O) groups excluding carboxylic acids is 1. The van der Waals surface area contributed by atoms with Gasteiger partial charge < -0.3 is 15.7 Å². The third kappa shape index (κ3) is 4.07. The Morgan fingerprint density at radius 1 is 1.29 bits per heavy atom. The van der Waals surface area contributed by atoms with Crippen LogP contribution in [0.1, 0.15) is 23.6 Å². The SMILES string of the molecule is CCNC(=O)CNCc1cc(C)c(O)c(C)c1. The van der Waals surface area contributed by atoms with Gasteiger partial charge >= 0.3 is 0 Å². The summed E-state index contributed by atoms with van der Waals surface area (Å²) in [4.78, 5) is 11.2. The summed E-state index contributed by atoms with van der Waals surface area (Å²) in [5, 5.41) is 15.4. The van der Waals surface area contributed by atoms with Crippen LogP contribution in [0.25, 0.3) is 0 Å². The summed E-state index contributed by atoms with van der Waals surface area (Å²) in [5.74, 6) is 0.345. The maximum Gasteiger partial charge on any atom is 0.233 e. The minimum absolute atomic E-state index is 0.000257. The van der Waals surface area contributed by atoms with E-state index in [1.54, 1.807) is 0 Å². The van der Waals surface area contributed by atoms with E-state index in [-0.39, 0.29) is 5.91 Å². The maximum atomic E-state index is 11.2. The number of rotatable bonds is 5. The normalized spacial score (nSPS) is 10.3. The Kier molecular flexibility index (Phi) is 4.97. The summed E-state index contributed by atoms with van der Waals surface area (Å²) >= 11 is 0. The number of aromatic hydroxyl groups is 1. The first kappa shape index (κ1) is 13.5. The summed E-state index contributed by atoms with van der Waals surface area (Å²) < 4.78 is 0. The Hall–Kier alpha value is -1.55. The number of hydrogen-bond donors (Lipinski definition) is 3. The molecule has 0 heterocycles. The van der Waals surface area contributed by atoms with Crippen molar-refractivity contribution in [3.63, 3.8) is 0 Å². The molecule has 0 atom stereocenters. The van der Waals surface area contributed by atoms with E-state index in [0.717, 1.165) is 16.7 Å². The molecule has 1 amide bonds. The first-order valence-electron chi connectivity index (χ1n) is 5.81. The Morgan fingerprint density at radius 2 is 1.88 bits per heavy atom. The fourth-order valence-corrected chi connectivity index (χ4v) is 1.73. The Labute approximate surface area is 102 Å². The van der Waals surface area contributed by atoms with Gasteiger partial charge in [0.05, 0.1) is 6.54 Å². The fraction of sp³-hybridized carbons (Fsp3) is 0.462. The van der Waals surface area contributed by atoms with Gasteiger partial charge in [0.1, 0.15) is 5.75 Å². The second-order valence-corrected chi connectivity index (χ2v) is 4.14. The number of benzene rings is 1. The van der Waals surface area contributed by atoms with Crippen LogP contribution in [0.5, 0.6) is 5.75 Å². The first-order valence-corrected chi connectivity index (χ1v) is 5.81. The summed E-state index contributed by atoms with van der Waals surface area (Å²) in [7, 11) is 0. The molecule has 4 nitrogen and oxygen atoms in total. The molecule has 94 valence electrons. The molecule has 3 N–H and O–H groups in total. The quantitative estimate of drug-likeness (QED) is 0.720. The van der Waals surface area contributed by atoms with Crippen molar-refractivity contribution < 1.29 is 9.90 Å².